The van der Waals surface area contributed by atoms with Crippen molar-refractivity contribution in [3.8, 4) is 5.69 Å². The highest BCUT2D eigenvalue weighted by molar-refractivity contribution is 6.50. The SMILES string of the molecule is CC(C)(C)c1cc(C(C)(C)C)c2oc[n+](-c3ccc(C(F)(F)F)cc3)c2c1.F[B-](F)(F)F. The number of aromatic nitrogens is 1. The first-order chi connectivity index (χ1) is 14.3. The lowest BCUT2D eigenvalue weighted by molar-refractivity contribution is -0.573. The third kappa shape index (κ3) is 6.49. The molecule has 2 nitrogen and oxygen atoms in total. The number of halogens is 7. The molecule has 0 N–H and O–H groups in total. The second-order valence-corrected chi connectivity index (χ2v) is 9.50. The fourth-order valence-electron chi connectivity index (χ4n) is 3.08. The van der Waals surface area contributed by atoms with Gasteiger partial charge in [0.2, 0.25) is 11.3 Å². The van der Waals surface area contributed by atoms with Crippen molar-refractivity contribution in [2.75, 3.05) is 0 Å². The molecule has 0 fully saturated rings. The van der Waals surface area contributed by atoms with Crippen molar-refractivity contribution in [3.05, 3.63) is 59.5 Å². The van der Waals surface area contributed by atoms with Crippen molar-refractivity contribution in [3.63, 3.8) is 0 Å². The van der Waals surface area contributed by atoms with E-state index >= 15 is 0 Å². The van der Waals surface area contributed by atoms with Gasteiger partial charge in [0.15, 0.2) is 0 Å². The van der Waals surface area contributed by atoms with Crippen LogP contribution in [0.15, 0.2) is 47.2 Å². The van der Waals surface area contributed by atoms with Crippen LogP contribution in [0.2, 0.25) is 0 Å². The third-order valence-corrected chi connectivity index (χ3v) is 4.75. The minimum absolute atomic E-state index is 0.0660. The second kappa shape index (κ2) is 8.44. The second-order valence-electron chi connectivity index (χ2n) is 9.50. The number of hydrogen-bond donors (Lipinski definition) is 0. The molecule has 0 unspecified atom stereocenters. The Labute approximate surface area is 182 Å². The molecule has 0 amide bonds. The summed E-state index contributed by atoms with van der Waals surface area (Å²) < 4.78 is 85.2. The molecule has 32 heavy (non-hydrogen) atoms. The smallest absolute Gasteiger partial charge is 0.418 e. The number of oxazole rings is 1. The fraction of sp³-hybridized carbons (Fsp3) is 0.409. The first-order valence-corrected chi connectivity index (χ1v) is 9.81. The number of alkyl halides is 3. The van der Waals surface area contributed by atoms with Gasteiger partial charge in [-0.1, -0.05) is 47.6 Å². The summed E-state index contributed by atoms with van der Waals surface area (Å²) in [6.45, 7) is 12.8. The minimum atomic E-state index is -6.00. The highest BCUT2D eigenvalue weighted by atomic mass is 19.5. The van der Waals surface area contributed by atoms with Crippen molar-refractivity contribution in [2.45, 2.75) is 58.5 Å². The van der Waals surface area contributed by atoms with Crippen molar-refractivity contribution < 1.29 is 39.4 Å². The van der Waals surface area contributed by atoms with Gasteiger partial charge in [0.25, 0.3) is 5.52 Å². The Bertz CT molecular complexity index is 1060. The number of nitrogens with zero attached hydrogens (tertiary/aromatic N) is 1. The maximum atomic E-state index is 12.9. The third-order valence-electron chi connectivity index (χ3n) is 4.75. The molecule has 1 heterocycles. The van der Waals surface area contributed by atoms with E-state index in [2.05, 4.69) is 53.7 Å². The zero-order chi connectivity index (χ0) is 24.7. The molecule has 0 radical (unpaired) electrons. The highest BCUT2D eigenvalue weighted by Crippen LogP contribution is 2.35. The van der Waals surface area contributed by atoms with Crippen LogP contribution in [-0.2, 0) is 17.0 Å². The van der Waals surface area contributed by atoms with Gasteiger partial charge in [-0.3, -0.25) is 0 Å². The predicted octanol–water partition coefficient (Wildman–Crippen LogP) is 7.62. The van der Waals surface area contributed by atoms with E-state index in [1.54, 1.807) is 11.0 Å². The molecule has 2 aromatic carbocycles. The molecule has 1 aromatic heterocycles. The van der Waals surface area contributed by atoms with Gasteiger partial charge in [0, 0.05) is 23.8 Å². The molecule has 0 saturated carbocycles. The number of rotatable bonds is 1. The number of fused-ring (bicyclic) bond motifs is 1. The first kappa shape index (κ1) is 25.7. The van der Waals surface area contributed by atoms with Crippen LogP contribution in [0, 0.1) is 0 Å². The summed E-state index contributed by atoms with van der Waals surface area (Å²) >= 11 is 0. The zero-order valence-electron chi connectivity index (χ0n) is 18.6. The van der Waals surface area contributed by atoms with Crippen LogP contribution in [0.4, 0.5) is 30.4 Å². The van der Waals surface area contributed by atoms with E-state index in [0.717, 1.165) is 34.4 Å². The Morgan fingerprint density at radius 1 is 0.750 bits per heavy atom. The van der Waals surface area contributed by atoms with Gasteiger partial charge in [-0.15, -0.1) is 4.57 Å². The molecule has 0 saturated heterocycles. The Balaban J connectivity index is 0.000000654. The fourth-order valence-corrected chi connectivity index (χ4v) is 3.08. The van der Waals surface area contributed by atoms with Crippen LogP contribution in [0.3, 0.4) is 0 Å². The Hall–Kier alpha value is -2.52. The summed E-state index contributed by atoms with van der Waals surface area (Å²) in [4.78, 5) is 0. The van der Waals surface area contributed by atoms with Gasteiger partial charge in [-0.2, -0.15) is 13.2 Å². The summed E-state index contributed by atoms with van der Waals surface area (Å²) in [6, 6.07) is 9.37. The molecule has 0 aliphatic rings. The Morgan fingerprint density at radius 2 is 1.25 bits per heavy atom. The maximum Gasteiger partial charge on any atom is 0.673 e. The average Bonchev–Trinajstić information content (AvgIpc) is 3.01. The van der Waals surface area contributed by atoms with Crippen LogP contribution in [0.25, 0.3) is 16.8 Å². The van der Waals surface area contributed by atoms with Gasteiger partial charge >= 0.3 is 19.8 Å². The molecule has 0 aliphatic carbocycles. The molecule has 0 atom stereocenters. The predicted molar refractivity (Wildman–Crippen MR) is 110 cm³/mol. The number of hydrogen-bond acceptors (Lipinski definition) is 1. The standard InChI is InChI=1S/C22H25F3NO.BF4/c1-20(2,3)15-11-17(21(4,5)6)19-18(12-15)26(13-27-19)16-9-7-14(8-10-16)22(23,24)25;2-1(3,4)5/h7-13H,1-6H3;/q+1;-1. The van der Waals surface area contributed by atoms with E-state index in [4.69, 9.17) is 4.42 Å². The number of benzene rings is 2. The van der Waals surface area contributed by atoms with Crippen molar-refractivity contribution in [2.24, 2.45) is 0 Å². The molecule has 176 valence electrons. The Morgan fingerprint density at radius 3 is 1.66 bits per heavy atom. The largest absolute Gasteiger partial charge is 0.673 e. The zero-order valence-corrected chi connectivity index (χ0v) is 18.6. The molecule has 3 rings (SSSR count). The molecule has 0 bridgehead atoms. The van der Waals surface area contributed by atoms with E-state index in [-0.39, 0.29) is 10.8 Å². The maximum absolute atomic E-state index is 12.9. The van der Waals surface area contributed by atoms with Crippen LogP contribution in [0.1, 0.15) is 58.2 Å². The van der Waals surface area contributed by atoms with E-state index in [1.165, 1.54) is 12.1 Å². The summed E-state index contributed by atoms with van der Waals surface area (Å²) in [5.74, 6) is 0. The summed E-state index contributed by atoms with van der Waals surface area (Å²) in [5.41, 5.74) is 3.62. The van der Waals surface area contributed by atoms with Gasteiger partial charge < -0.3 is 21.7 Å². The minimum Gasteiger partial charge on any atom is -0.418 e. The van der Waals surface area contributed by atoms with Gasteiger partial charge in [-0.05, 0) is 28.5 Å². The lowest BCUT2D eigenvalue weighted by Crippen LogP contribution is -2.29. The normalized spacial score (nSPS) is 13.2. The van der Waals surface area contributed by atoms with Gasteiger partial charge in [0.05, 0.1) is 5.56 Å². The lowest BCUT2D eigenvalue weighted by Gasteiger charge is -2.24. The summed E-state index contributed by atoms with van der Waals surface area (Å²) in [5, 5.41) is 0. The van der Waals surface area contributed by atoms with Crippen LogP contribution in [0.5, 0.6) is 0 Å². The van der Waals surface area contributed by atoms with E-state index < -0.39 is 19.0 Å². The lowest BCUT2D eigenvalue weighted by atomic mass is 9.80. The topological polar surface area (TPSA) is 17.0 Å². The highest BCUT2D eigenvalue weighted by Gasteiger charge is 2.32. The van der Waals surface area contributed by atoms with Crippen molar-refractivity contribution in [1.82, 2.24) is 0 Å². The Kier molecular flexibility index (Phi) is 6.79. The summed E-state index contributed by atoms with van der Waals surface area (Å²) in [6.07, 6.45) is -2.78. The molecule has 10 heteroatoms. The monoisotopic (exact) mass is 463 g/mol. The first-order valence-electron chi connectivity index (χ1n) is 9.81. The van der Waals surface area contributed by atoms with E-state index in [1.807, 2.05) is 0 Å². The van der Waals surface area contributed by atoms with Crippen molar-refractivity contribution in [1.29, 1.82) is 0 Å². The van der Waals surface area contributed by atoms with Crippen LogP contribution < -0.4 is 4.57 Å². The van der Waals surface area contributed by atoms with Gasteiger partial charge in [0.1, 0.15) is 0 Å². The van der Waals surface area contributed by atoms with Gasteiger partial charge in [-0.25, -0.2) is 0 Å². The quantitative estimate of drug-likeness (QED) is 0.206. The van der Waals surface area contributed by atoms with Crippen molar-refractivity contribution >= 4 is 18.4 Å². The molecule has 0 spiro atoms. The molecule has 3 aromatic rings. The summed E-state index contributed by atoms with van der Waals surface area (Å²) in [7, 11) is -6.00. The molecular formula is C22H25BF7NO. The van der Waals surface area contributed by atoms with E-state index in [9.17, 15) is 30.4 Å². The molecular weight excluding hydrogens is 438 g/mol. The van der Waals surface area contributed by atoms with E-state index in [0.29, 0.717) is 5.69 Å². The van der Waals surface area contributed by atoms with Crippen LogP contribution >= 0.6 is 0 Å². The molecule has 0 aliphatic heterocycles. The average molecular weight is 463 g/mol. The van der Waals surface area contributed by atoms with Crippen LogP contribution in [-0.4, -0.2) is 7.25 Å².